The normalized spacial score (nSPS) is 15.9. The highest BCUT2D eigenvalue weighted by molar-refractivity contribution is 6.00. The van der Waals surface area contributed by atoms with E-state index in [-0.39, 0.29) is 18.0 Å². The number of aromatic carboxylic acids is 1. The highest BCUT2D eigenvalue weighted by Crippen LogP contribution is 2.45. The number of methoxy groups -OCH3 is 1. The van der Waals surface area contributed by atoms with Gasteiger partial charge >= 0.3 is 5.97 Å². The number of hydrogen-bond acceptors (Lipinski definition) is 5. The van der Waals surface area contributed by atoms with Crippen molar-refractivity contribution in [3.05, 3.63) is 83.9 Å². The van der Waals surface area contributed by atoms with E-state index in [1.165, 1.54) is 12.0 Å². The molecule has 1 saturated heterocycles. The van der Waals surface area contributed by atoms with E-state index in [1.807, 2.05) is 47.4 Å². The fourth-order valence-electron chi connectivity index (χ4n) is 7.12. The smallest absolute Gasteiger partial charge is 0.335 e. The van der Waals surface area contributed by atoms with Gasteiger partial charge in [0, 0.05) is 29.4 Å². The van der Waals surface area contributed by atoms with Gasteiger partial charge in [-0.1, -0.05) is 49.6 Å². The predicted octanol–water partition coefficient (Wildman–Crippen LogP) is 7.14. The number of rotatable bonds is 7. The van der Waals surface area contributed by atoms with Crippen LogP contribution in [0.2, 0.25) is 0 Å². The summed E-state index contributed by atoms with van der Waals surface area (Å²) in [6.07, 6.45) is 5.68. The van der Waals surface area contributed by atoms with Gasteiger partial charge in [-0.05, 0) is 72.4 Å². The fraction of sp³-hybridized carbons (Fsp3) is 0.324. The second-order valence-electron chi connectivity index (χ2n) is 12.0. The Morgan fingerprint density at radius 3 is 2.53 bits per heavy atom. The van der Waals surface area contributed by atoms with Crippen molar-refractivity contribution in [3.8, 4) is 28.3 Å². The number of carboxylic acids is 1. The van der Waals surface area contributed by atoms with Gasteiger partial charge in [-0.15, -0.1) is 0 Å². The Balaban J connectivity index is 1.41. The second kappa shape index (κ2) is 12.4. The van der Waals surface area contributed by atoms with Crippen LogP contribution in [0.3, 0.4) is 0 Å². The van der Waals surface area contributed by atoms with Gasteiger partial charge in [-0.25, -0.2) is 9.78 Å². The molecule has 3 heterocycles. The number of hydrogen-bond donors (Lipinski definition) is 1. The van der Waals surface area contributed by atoms with Crippen LogP contribution in [0, 0.1) is 0 Å². The third-order valence-corrected chi connectivity index (χ3v) is 9.37. The van der Waals surface area contributed by atoms with Gasteiger partial charge in [0.25, 0.3) is 0 Å². The number of benzene rings is 3. The SMILES string of the molecule is COc1ccccc1-c1ccc2cc(-c3c(C4CCCCC4)c4ccc(C(=O)O)cc4n3CC(=O)N3CCOCC3)ccc2n1. The Labute approximate surface area is 262 Å². The number of ether oxygens (including phenoxy) is 2. The minimum atomic E-state index is -0.979. The van der Waals surface area contributed by atoms with Crippen molar-refractivity contribution >= 4 is 33.7 Å². The van der Waals surface area contributed by atoms with Crippen LogP contribution in [0.1, 0.15) is 53.9 Å². The van der Waals surface area contributed by atoms with E-state index in [9.17, 15) is 14.7 Å². The maximum Gasteiger partial charge on any atom is 0.335 e. The molecular weight excluding hydrogens is 566 g/mol. The van der Waals surface area contributed by atoms with E-state index in [4.69, 9.17) is 14.5 Å². The molecule has 0 unspecified atom stereocenters. The zero-order valence-electron chi connectivity index (χ0n) is 25.5. The summed E-state index contributed by atoms with van der Waals surface area (Å²) in [6.45, 7) is 2.29. The second-order valence-corrected chi connectivity index (χ2v) is 12.0. The fourth-order valence-corrected chi connectivity index (χ4v) is 7.12. The maximum atomic E-state index is 13.7. The van der Waals surface area contributed by atoms with E-state index in [1.54, 1.807) is 19.2 Å². The lowest BCUT2D eigenvalue weighted by atomic mass is 9.81. The van der Waals surface area contributed by atoms with Crippen LogP contribution in [0.15, 0.2) is 72.8 Å². The van der Waals surface area contributed by atoms with Crippen LogP contribution < -0.4 is 4.74 Å². The number of aromatic nitrogens is 2. The molecule has 8 heteroatoms. The molecule has 45 heavy (non-hydrogen) atoms. The predicted molar refractivity (Wildman–Crippen MR) is 175 cm³/mol. The van der Waals surface area contributed by atoms with Crippen molar-refractivity contribution in [3.63, 3.8) is 0 Å². The van der Waals surface area contributed by atoms with Crippen molar-refractivity contribution in [1.29, 1.82) is 0 Å². The molecule has 230 valence electrons. The highest BCUT2D eigenvalue weighted by Gasteiger charge is 2.29. The first kappa shape index (κ1) is 29.0. The van der Waals surface area contributed by atoms with Crippen LogP contribution in [-0.2, 0) is 16.1 Å². The van der Waals surface area contributed by atoms with Gasteiger partial charge in [0.15, 0.2) is 0 Å². The summed E-state index contributed by atoms with van der Waals surface area (Å²) in [6, 6.07) is 23.6. The number of pyridine rings is 1. The lowest BCUT2D eigenvalue weighted by Gasteiger charge is -2.28. The number of amides is 1. The van der Waals surface area contributed by atoms with Crippen LogP contribution in [0.4, 0.5) is 0 Å². The maximum absolute atomic E-state index is 13.7. The molecule has 0 spiro atoms. The minimum absolute atomic E-state index is 0.0104. The van der Waals surface area contributed by atoms with E-state index in [2.05, 4.69) is 22.8 Å². The molecule has 1 amide bonds. The first-order chi connectivity index (χ1) is 22.0. The van der Waals surface area contributed by atoms with Crippen molar-refractivity contribution in [2.45, 2.75) is 44.6 Å². The van der Waals surface area contributed by atoms with Gasteiger partial charge in [0.2, 0.25) is 5.91 Å². The van der Waals surface area contributed by atoms with Gasteiger partial charge in [0.1, 0.15) is 12.3 Å². The standard InChI is InChI=1S/C37H37N3O5/c1-44-33-10-6-5-9-28(33)31-16-12-25-21-26(13-15-30(25)38-31)36-35(24-7-3-2-4-8-24)29-14-11-27(37(42)43)22-32(29)40(36)23-34(41)39-17-19-45-20-18-39/h5-6,9-16,21-22,24H,2-4,7-8,17-20,23H2,1H3,(H,42,43). The molecule has 7 rings (SSSR count). The molecule has 0 radical (unpaired) electrons. The van der Waals surface area contributed by atoms with Crippen molar-refractivity contribution in [2.75, 3.05) is 33.4 Å². The molecule has 1 N–H and O–H groups in total. The number of carboxylic acid groups (broad SMARTS) is 1. The Kier molecular flexibility index (Phi) is 7.98. The number of para-hydroxylation sites is 1. The van der Waals surface area contributed by atoms with Crippen LogP contribution in [-0.4, -0.2) is 64.8 Å². The zero-order valence-corrected chi connectivity index (χ0v) is 25.5. The van der Waals surface area contributed by atoms with Crippen LogP contribution in [0.5, 0.6) is 5.75 Å². The van der Waals surface area contributed by atoms with Gasteiger partial charge in [-0.2, -0.15) is 0 Å². The molecule has 2 aliphatic rings. The largest absolute Gasteiger partial charge is 0.496 e. The molecule has 1 saturated carbocycles. The molecule has 0 bridgehead atoms. The van der Waals surface area contributed by atoms with Crippen molar-refractivity contribution < 1.29 is 24.2 Å². The third-order valence-electron chi connectivity index (χ3n) is 9.37. The van der Waals surface area contributed by atoms with Crippen molar-refractivity contribution in [2.24, 2.45) is 0 Å². The number of nitrogens with zero attached hydrogens (tertiary/aromatic N) is 3. The molecule has 0 atom stereocenters. The number of carbonyl (C=O) groups excluding carboxylic acids is 1. The topological polar surface area (TPSA) is 93.9 Å². The Hall–Kier alpha value is -4.69. The molecule has 8 nitrogen and oxygen atoms in total. The minimum Gasteiger partial charge on any atom is -0.496 e. The third kappa shape index (κ3) is 5.55. The average molecular weight is 604 g/mol. The zero-order chi connectivity index (χ0) is 30.9. The van der Waals surface area contributed by atoms with Gasteiger partial charge in [0.05, 0.1) is 48.3 Å². The first-order valence-electron chi connectivity index (χ1n) is 15.8. The molecule has 5 aromatic rings. The lowest BCUT2D eigenvalue weighted by Crippen LogP contribution is -2.42. The van der Waals surface area contributed by atoms with E-state index in [0.717, 1.165) is 75.8 Å². The Morgan fingerprint density at radius 2 is 1.76 bits per heavy atom. The molecule has 1 aliphatic carbocycles. The summed E-state index contributed by atoms with van der Waals surface area (Å²) >= 11 is 0. The molecular formula is C37H37N3O5. The van der Waals surface area contributed by atoms with Gasteiger partial charge in [-0.3, -0.25) is 4.79 Å². The number of fused-ring (bicyclic) bond motifs is 2. The van der Waals surface area contributed by atoms with E-state index < -0.39 is 5.97 Å². The number of carbonyl (C=O) groups is 2. The molecule has 1 aliphatic heterocycles. The van der Waals surface area contributed by atoms with Crippen LogP contribution in [0.25, 0.3) is 44.3 Å². The Morgan fingerprint density at radius 1 is 0.956 bits per heavy atom. The quantitative estimate of drug-likeness (QED) is 0.213. The molecule has 3 aromatic carbocycles. The molecule has 2 fully saturated rings. The summed E-state index contributed by atoms with van der Waals surface area (Å²) in [4.78, 5) is 32.7. The van der Waals surface area contributed by atoms with E-state index >= 15 is 0 Å². The summed E-state index contributed by atoms with van der Waals surface area (Å²) in [5.74, 6) is 0.130. The first-order valence-corrected chi connectivity index (χ1v) is 15.8. The Bertz CT molecular complexity index is 1900. The summed E-state index contributed by atoms with van der Waals surface area (Å²) in [7, 11) is 1.67. The lowest BCUT2D eigenvalue weighted by molar-refractivity contribution is -0.135. The van der Waals surface area contributed by atoms with Crippen molar-refractivity contribution in [1.82, 2.24) is 14.5 Å². The summed E-state index contributed by atoms with van der Waals surface area (Å²) in [5.41, 5.74) is 6.85. The number of morpholine rings is 1. The van der Waals surface area contributed by atoms with Gasteiger partial charge < -0.3 is 24.0 Å². The average Bonchev–Trinajstić information content (AvgIpc) is 3.41. The van der Waals surface area contributed by atoms with Crippen LogP contribution >= 0.6 is 0 Å². The highest BCUT2D eigenvalue weighted by atomic mass is 16.5. The molecule has 2 aromatic heterocycles. The summed E-state index contributed by atoms with van der Waals surface area (Å²) < 4.78 is 13.2. The monoisotopic (exact) mass is 603 g/mol. The van der Waals surface area contributed by atoms with E-state index in [0.29, 0.717) is 32.2 Å². The summed E-state index contributed by atoms with van der Waals surface area (Å²) in [5, 5.41) is 11.9.